The van der Waals surface area contributed by atoms with E-state index in [-0.39, 0.29) is 11.8 Å². The third-order valence-electron chi connectivity index (χ3n) is 4.12. The van der Waals surface area contributed by atoms with Crippen LogP contribution >= 0.6 is 0 Å². The summed E-state index contributed by atoms with van der Waals surface area (Å²) in [5.74, 6) is -1.09. The van der Waals surface area contributed by atoms with E-state index in [4.69, 9.17) is 4.42 Å². The topological polar surface area (TPSA) is 104 Å². The van der Waals surface area contributed by atoms with Crippen LogP contribution in [-0.2, 0) is 0 Å². The van der Waals surface area contributed by atoms with Crippen molar-refractivity contribution in [1.82, 2.24) is 4.98 Å². The molecular weight excluding hydrogens is 358 g/mol. The van der Waals surface area contributed by atoms with Gasteiger partial charge in [0.15, 0.2) is 5.58 Å². The van der Waals surface area contributed by atoms with Gasteiger partial charge in [0, 0.05) is 22.5 Å². The molecule has 2 amide bonds. The fraction of sp³-hybridized carbons (Fsp3) is 0. The van der Waals surface area contributed by atoms with Gasteiger partial charge in [-0.3, -0.25) is 14.6 Å². The summed E-state index contributed by atoms with van der Waals surface area (Å²) in [7, 11) is 0. The maximum atomic E-state index is 12.4. The molecule has 3 aromatic carbocycles. The van der Waals surface area contributed by atoms with Gasteiger partial charge in [-0.2, -0.15) is 0 Å². The highest BCUT2D eigenvalue weighted by Gasteiger charge is 2.09. The molecule has 0 saturated carbocycles. The Kier molecular flexibility index (Phi) is 4.47. The highest BCUT2D eigenvalue weighted by atomic mass is 16.4. The molecule has 3 N–H and O–H groups in total. The van der Waals surface area contributed by atoms with Crippen molar-refractivity contribution in [3.63, 3.8) is 0 Å². The molecule has 0 bridgehead atoms. The smallest absolute Gasteiger partial charge is 0.408 e. The molecule has 0 saturated heterocycles. The Balaban J connectivity index is 1.44. The second kappa shape index (κ2) is 7.24. The summed E-state index contributed by atoms with van der Waals surface area (Å²) >= 11 is 0. The summed E-state index contributed by atoms with van der Waals surface area (Å²) in [6.07, 6.45) is 0. The first-order valence-electron chi connectivity index (χ1n) is 8.49. The van der Waals surface area contributed by atoms with Gasteiger partial charge in [0.25, 0.3) is 11.8 Å². The molecule has 28 heavy (non-hydrogen) atoms. The van der Waals surface area contributed by atoms with E-state index in [1.165, 1.54) is 0 Å². The van der Waals surface area contributed by atoms with Crippen molar-refractivity contribution in [3.05, 3.63) is 94.5 Å². The Morgan fingerprint density at radius 1 is 0.750 bits per heavy atom. The van der Waals surface area contributed by atoms with Crippen LogP contribution < -0.4 is 16.4 Å². The number of amides is 2. The fourth-order valence-corrected chi connectivity index (χ4v) is 2.73. The van der Waals surface area contributed by atoms with E-state index >= 15 is 0 Å². The quantitative estimate of drug-likeness (QED) is 0.508. The number of benzene rings is 3. The van der Waals surface area contributed by atoms with Crippen molar-refractivity contribution in [2.75, 3.05) is 10.6 Å². The van der Waals surface area contributed by atoms with Crippen molar-refractivity contribution < 1.29 is 14.0 Å². The highest BCUT2D eigenvalue weighted by Crippen LogP contribution is 2.18. The van der Waals surface area contributed by atoms with Crippen LogP contribution in [0.15, 0.2) is 82.0 Å². The Hall–Kier alpha value is -4.13. The number of oxazole rings is 1. The lowest BCUT2D eigenvalue weighted by molar-refractivity contribution is 0.102. The van der Waals surface area contributed by atoms with Crippen molar-refractivity contribution in [1.29, 1.82) is 0 Å². The van der Waals surface area contributed by atoms with Gasteiger partial charge in [-0.15, -0.1) is 0 Å². The zero-order valence-corrected chi connectivity index (χ0v) is 14.6. The summed E-state index contributed by atoms with van der Waals surface area (Å²) in [6, 6.07) is 20.3. The number of H-pyrrole nitrogens is 1. The molecule has 7 nitrogen and oxygen atoms in total. The maximum absolute atomic E-state index is 12.4. The van der Waals surface area contributed by atoms with Crippen LogP contribution in [0.2, 0.25) is 0 Å². The SMILES string of the molecule is O=C(Nc1ccc(C(=O)Nc2ccc3oc(=O)[nH]c3c2)cc1)c1ccccc1. The Bertz CT molecular complexity index is 1210. The molecule has 138 valence electrons. The third-order valence-corrected chi connectivity index (χ3v) is 4.12. The molecule has 0 radical (unpaired) electrons. The van der Waals surface area contributed by atoms with Crippen LogP contribution in [0, 0.1) is 0 Å². The van der Waals surface area contributed by atoms with E-state index in [9.17, 15) is 14.4 Å². The third kappa shape index (κ3) is 3.68. The number of fused-ring (bicyclic) bond motifs is 1. The van der Waals surface area contributed by atoms with Crippen molar-refractivity contribution >= 4 is 34.3 Å². The minimum Gasteiger partial charge on any atom is -0.408 e. The van der Waals surface area contributed by atoms with Gasteiger partial charge in [0.1, 0.15) is 0 Å². The molecule has 0 unspecified atom stereocenters. The normalized spacial score (nSPS) is 10.6. The number of aromatic amines is 1. The Morgan fingerprint density at radius 2 is 1.36 bits per heavy atom. The molecule has 0 spiro atoms. The van der Waals surface area contributed by atoms with E-state index in [0.29, 0.717) is 33.6 Å². The monoisotopic (exact) mass is 373 g/mol. The summed E-state index contributed by atoms with van der Waals surface area (Å²) in [5.41, 5.74) is 3.01. The number of hydrogen-bond acceptors (Lipinski definition) is 4. The molecule has 1 heterocycles. The van der Waals surface area contributed by atoms with Crippen molar-refractivity contribution in [2.45, 2.75) is 0 Å². The molecular formula is C21H15N3O4. The zero-order chi connectivity index (χ0) is 19.5. The first kappa shape index (κ1) is 17.3. The minimum atomic E-state index is -0.549. The van der Waals surface area contributed by atoms with Gasteiger partial charge in [-0.25, -0.2) is 4.79 Å². The zero-order valence-electron chi connectivity index (χ0n) is 14.6. The van der Waals surface area contributed by atoms with Gasteiger partial charge in [-0.05, 0) is 54.6 Å². The highest BCUT2D eigenvalue weighted by molar-refractivity contribution is 6.06. The minimum absolute atomic E-state index is 0.222. The van der Waals surface area contributed by atoms with Gasteiger partial charge >= 0.3 is 5.76 Å². The van der Waals surface area contributed by atoms with Gasteiger partial charge in [0.2, 0.25) is 0 Å². The van der Waals surface area contributed by atoms with Gasteiger partial charge < -0.3 is 15.1 Å². The lowest BCUT2D eigenvalue weighted by Crippen LogP contribution is -2.13. The van der Waals surface area contributed by atoms with Crippen LogP contribution in [0.1, 0.15) is 20.7 Å². The average molecular weight is 373 g/mol. The first-order chi connectivity index (χ1) is 13.6. The number of anilines is 2. The van der Waals surface area contributed by atoms with E-state index < -0.39 is 5.76 Å². The maximum Gasteiger partial charge on any atom is 0.417 e. The number of aromatic nitrogens is 1. The molecule has 7 heteroatoms. The summed E-state index contributed by atoms with van der Waals surface area (Å²) < 4.78 is 4.93. The van der Waals surface area contributed by atoms with Gasteiger partial charge in [-0.1, -0.05) is 18.2 Å². The molecule has 0 aliphatic heterocycles. The Morgan fingerprint density at radius 3 is 2.07 bits per heavy atom. The number of carbonyl (C=O) groups excluding carboxylic acids is 2. The van der Waals surface area contributed by atoms with Gasteiger partial charge in [0.05, 0.1) is 5.52 Å². The second-order valence-corrected chi connectivity index (χ2v) is 6.08. The van der Waals surface area contributed by atoms with E-state index in [1.807, 2.05) is 6.07 Å². The van der Waals surface area contributed by atoms with Crippen molar-refractivity contribution in [2.24, 2.45) is 0 Å². The molecule has 0 fully saturated rings. The largest absolute Gasteiger partial charge is 0.417 e. The molecule has 4 rings (SSSR count). The van der Waals surface area contributed by atoms with Crippen LogP contribution in [0.4, 0.5) is 11.4 Å². The van der Waals surface area contributed by atoms with Crippen LogP contribution in [0.25, 0.3) is 11.1 Å². The van der Waals surface area contributed by atoms with E-state index in [0.717, 1.165) is 0 Å². The first-order valence-corrected chi connectivity index (χ1v) is 8.49. The predicted octanol–water partition coefficient (Wildman–Crippen LogP) is 3.63. The summed E-state index contributed by atoms with van der Waals surface area (Å²) in [5, 5.41) is 5.54. The van der Waals surface area contributed by atoms with Crippen LogP contribution in [0.5, 0.6) is 0 Å². The number of carbonyl (C=O) groups is 2. The van der Waals surface area contributed by atoms with Crippen LogP contribution in [0.3, 0.4) is 0 Å². The molecule has 1 aromatic heterocycles. The standard InChI is InChI=1S/C21H15N3O4/c25-19(13-4-2-1-3-5-13)22-15-8-6-14(7-9-15)20(26)23-16-10-11-18-17(12-16)24-21(27)28-18/h1-12H,(H,22,25)(H,23,26)(H,24,27). The summed E-state index contributed by atoms with van der Waals surface area (Å²) in [6.45, 7) is 0. The lowest BCUT2D eigenvalue weighted by Gasteiger charge is -2.08. The average Bonchev–Trinajstić information content (AvgIpc) is 3.08. The lowest BCUT2D eigenvalue weighted by atomic mass is 10.1. The number of rotatable bonds is 4. The molecule has 0 atom stereocenters. The Labute approximate surface area is 159 Å². The van der Waals surface area contributed by atoms with Crippen LogP contribution in [-0.4, -0.2) is 16.8 Å². The molecule has 0 aliphatic rings. The van der Waals surface area contributed by atoms with E-state index in [1.54, 1.807) is 66.7 Å². The van der Waals surface area contributed by atoms with E-state index in [2.05, 4.69) is 15.6 Å². The molecule has 4 aromatic rings. The summed E-state index contributed by atoms with van der Waals surface area (Å²) in [4.78, 5) is 38.3. The molecule has 0 aliphatic carbocycles. The fourth-order valence-electron chi connectivity index (χ4n) is 2.73. The second-order valence-electron chi connectivity index (χ2n) is 6.08. The van der Waals surface area contributed by atoms with Crippen molar-refractivity contribution in [3.8, 4) is 0 Å². The number of nitrogens with one attached hydrogen (secondary N) is 3. The number of hydrogen-bond donors (Lipinski definition) is 3. The predicted molar refractivity (Wildman–Crippen MR) is 106 cm³/mol.